The second-order valence-corrected chi connectivity index (χ2v) is 3.20. The maximum absolute atomic E-state index is 4.37. The molecule has 1 saturated carbocycles. The minimum Gasteiger partial charge on any atom is -0.320 e. The van der Waals surface area contributed by atoms with Gasteiger partial charge in [0.1, 0.15) is 0 Å². The molecule has 0 radical (unpaired) electrons. The van der Waals surface area contributed by atoms with Crippen molar-refractivity contribution in [2.75, 3.05) is 20.1 Å². The minimum absolute atomic E-state index is 0.824. The standard InChI is InChI=1S/C9H18N2/c1-10-6-3-7-11-8-9-4-2-5-9/h8-10H,2-7H2,1H3. The van der Waals surface area contributed by atoms with E-state index in [0.29, 0.717) is 0 Å². The lowest BCUT2D eigenvalue weighted by Crippen LogP contribution is -2.13. The largest absolute Gasteiger partial charge is 0.320 e. The summed E-state index contributed by atoms with van der Waals surface area (Å²) in [6.45, 7) is 2.08. The third-order valence-electron chi connectivity index (χ3n) is 2.18. The van der Waals surface area contributed by atoms with Gasteiger partial charge in [0.05, 0.1) is 0 Å². The van der Waals surface area contributed by atoms with Gasteiger partial charge in [0.25, 0.3) is 0 Å². The van der Waals surface area contributed by atoms with E-state index in [9.17, 15) is 0 Å². The fraction of sp³-hybridized carbons (Fsp3) is 0.889. The van der Waals surface area contributed by atoms with Crippen molar-refractivity contribution in [3.05, 3.63) is 0 Å². The molecule has 0 amide bonds. The van der Waals surface area contributed by atoms with Crippen LogP contribution in [0.4, 0.5) is 0 Å². The van der Waals surface area contributed by atoms with Crippen molar-refractivity contribution < 1.29 is 0 Å². The van der Waals surface area contributed by atoms with E-state index < -0.39 is 0 Å². The molecule has 0 aromatic heterocycles. The molecule has 2 nitrogen and oxygen atoms in total. The van der Waals surface area contributed by atoms with Crippen LogP contribution in [0, 0.1) is 5.92 Å². The molecular weight excluding hydrogens is 136 g/mol. The summed E-state index contributed by atoms with van der Waals surface area (Å²) in [7, 11) is 1.98. The average Bonchev–Trinajstić information content (AvgIpc) is 1.93. The number of nitrogens with one attached hydrogen (secondary N) is 1. The lowest BCUT2D eigenvalue weighted by molar-refractivity contribution is 0.420. The van der Waals surface area contributed by atoms with Gasteiger partial charge in [0.15, 0.2) is 0 Å². The van der Waals surface area contributed by atoms with Crippen molar-refractivity contribution >= 4 is 6.21 Å². The molecular formula is C9H18N2. The summed E-state index contributed by atoms with van der Waals surface area (Å²) in [5.41, 5.74) is 0. The van der Waals surface area contributed by atoms with Crippen LogP contribution >= 0.6 is 0 Å². The first-order valence-electron chi connectivity index (χ1n) is 4.58. The van der Waals surface area contributed by atoms with Crippen molar-refractivity contribution in [2.24, 2.45) is 10.9 Å². The molecule has 0 aromatic carbocycles. The topological polar surface area (TPSA) is 24.4 Å². The number of hydrogen-bond donors (Lipinski definition) is 1. The Morgan fingerprint density at radius 1 is 1.55 bits per heavy atom. The zero-order valence-corrected chi connectivity index (χ0v) is 7.34. The highest BCUT2D eigenvalue weighted by Gasteiger charge is 2.13. The zero-order chi connectivity index (χ0) is 7.94. The van der Waals surface area contributed by atoms with Crippen molar-refractivity contribution in [3.63, 3.8) is 0 Å². The smallest absolute Gasteiger partial charge is 0.0397 e. The third kappa shape index (κ3) is 3.51. The Labute approximate surface area is 69.1 Å². The normalized spacial score (nSPS) is 19.0. The molecule has 0 heterocycles. The fourth-order valence-electron chi connectivity index (χ4n) is 1.16. The number of nitrogens with zero attached hydrogens (tertiary/aromatic N) is 1. The molecule has 0 spiro atoms. The van der Waals surface area contributed by atoms with Gasteiger partial charge < -0.3 is 5.32 Å². The molecule has 11 heavy (non-hydrogen) atoms. The first-order chi connectivity index (χ1) is 5.43. The molecule has 1 aliphatic carbocycles. The summed E-state index contributed by atoms with van der Waals surface area (Å²) < 4.78 is 0. The van der Waals surface area contributed by atoms with Gasteiger partial charge >= 0.3 is 0 Å². The molecule has 0 aromatic rings. The van der Waals surface area contributed by atoms with Gasteiger partial charge in [-0.2, -0.15) is 0 Å². The van der Waals surface area contributed by atoms with Crippen LogP contribution in [-0.4, -0.2) is 26.4 Å². The van der Waals surface area contributed by atoms with Crippen molar-refractivity contribution in [1.82, 2.24) is 5.32 Å². The summed E-state index contributed by atoms with van der Waals surface area (Å²) in [5.74, 6) is 0.824. The second-order valence-electron chi connectivity index (χ2n) is 3.20. The van der Waals surface area contributed by atoms with E-state index in [1.54, 1.807) is 0 Å². The zero-order valence-electron chi connectivity index (χ0n) is 7.34. The SMILES string of the molecule is CNCCCN=CC1CCC1. The van der Waals surface area contributed by atoms with Gasteiger partial charge in [-0.1, -0.05) is 6.42 Å². The van der Waals surface area contributed by atoms with Crippen LogP contribution in [0.3, 0.4) is 0 Å². The Bertz CT molecular complexity index is 117. The van der Waals surface area contributed by atoms with Crippen molar-refractivity contribution in [1.29, 1.82) is 0 Å². The lowest BCUT2D eigenvalue weighted by atomic mass is 9.87. The summed E-state index contributed by atoms with van der Waals surface area (Å²) in [6.07, 6.45) is 7.47. The van der Waals surface area contributed by atoms with E-state index in [0.717, 1.165) is 19.0 Å². The Hall–Kier alpha value is -0.370. The summed E-state index contributed by atoms with van der Waals surface area (Å²) >= 11 is 0. The van der Waals surface area contributed by atoms with E-state index in [2.05, 4.69) is 16.5 Å². The summed E-state index contributed by atoms with van der Waals surface area (Å²) in [6, 6.07) is 0. The molecule has 0 bridgehead atoms. The van der Waals surface area contributed by atoms with E-state index in [1.165, 1.54) is 25.7 Å². The first kappa shape index (κ1) is 8.72. The Balaban J connectivity index is 1.88. The molecule has 0 atom stereocenters. The Morgan fingerprint density at radius 2 is 2.36 bits per heavy atom. The molecule has 0 aliphatic heterocycles. The quantitative estimate of drug-likeness (QED) is 0.470. The molecule has 1 aliphatic rings. The fourth-order valence-corrected chi connectivity index (χ4v) is 1.16. The molecule has 0 unspecified atom stereocenters. The Kier molecular flexibility index (Phi) is 4.21. The van der Waals surface area contributed by atoms with E-state index in [4.69, 9.17) is 0 Å². The highest BCUT2D eigenvalue weighted by molar-refractivity contribution is 5.61. The second kappa shape index (κ2) is 5.30. The van der Waals surface area contributed by atoms with Crippen LogP contribution in [0.5, 0.6) is 0 Å². The van der Waals surface area contributed by atoms with Gasteiger partial charge in [-0.25, -0.2) is 0 Å². The first-order valence-corrected chi connectivity index (χ1v) is 4.58. The van der Waals surface area contributed by atoms with Crippen LogP contribution in [0.1, 0.15) is 25.7 Å². The van der Waals surface area contributed by atoms with Gasteiger partial charge in [-0.05, 0) is 38.8 Å². The highest BCUT2D eigenvalue weighted by Crippen LogP contribution is 2.23. The summed E-state index contributed by atoms with van der Waals surface area (Å²) in [4.78, 5) is 4.37. The van der Waals surface area contributed by atoms with E-state index in [-0.39, 0.29) is 0 Å². The van der Waals surface area contributed by atoms with Gasteiger partial charge in [-0.15, -0.1) is 0 Å². The van der Waals surface area contributed by atoms with Gasteiger partial charge in [0.2, 0.25) is 0 Å². The number of rotatable bonds is 5. The molecule has 0 saturated heterocycles. The molecule has 64 valence electrons. The van der Waals surface area contributed by atoms with E-state index in [1.807, 2.05) is 7.05 Å². The van der Waals surface area contributed by atoms with Gasteiger partial charge in [-0.3, -0.25) is 4.99 Å². The van der Waals surface area contributed by atoms with Crippen molar-refractivity contribution in [3.8, 4) is 0 Å². The highest BCUT2D eigenvalue weighted by atomic mass is 14.8. The van der Waals surface area contributed by atoms with Crippen LogP contribution in [0.15, 0.2) is 4.99 Å². The maximum atomic E-state index is 4.37. The molecule has 1 N–H and O–H groups in total. The van der Waals surface area contributed by atoms with Gasteiger partial charge in [0, 0.05) is 12.8 Å². The predicted octanol–water partition coefficient (Wildman–Crippen LogP) is 1.47. The lowest BCUT2D eigenvalue weighted by Gasteiger charge is -2.20. The predicted molar refractivity (Wildman–Crippen MR) is 49.2 cm³/mol. The number of aliphatic imine (C=N–C) groups is 1. The summed E-state index contributed by atoms with van der Waals surface area (Å²) in [5, 5.41) is 3.11. The monoisotopic (exact) mass is 154 g/mol. The van der Waals surface area contributed by atoms with Crippen LogP contribution in [0.2, 0.25) is 0 Å². The molecule has 1 fully saturated rings. The Morgan fingerprint density at radius 3 is 2.91 bits per heavy atom. The van der Waals surface area contributed by atoms with Crippen molar-refractivity contribution in [2.45, 2.75) is 25.7 Å². The molecule has 1 rings (SSSR count). The van der Waals surface area contributed by atoms with Crippen LogP contribution in [-0.2, 0) is 0 Å². The maximum Gasteiger partial charge on any atom is 0.0397 e. The van der Waals surface area contributed by atoms with Crippen LogP contribution in [0.25, 0.3) is 0 Å². The minimum atomic E-state index is 0.824. The average molecular weight is 154 g/mol. The molecule has 2 heteroatoms. The van der Waals surface area contributed by atoms with Crippen LogP contribution < -0.4 is 5.32 Å². The number of hydrogen-bond acceptors (Lipinski definition) is 2. The third-order valence-corrected chi connectivity index (χ3v) is 2.18. The van der Waals surface area contributed by atoms with E-state index >= 15 is 0 Å².